The molecule has 1 atom stereocenters. The number of aliphatic carboxylic acids is 1. The van der Waals surface area contributed by atoms with Crippen LogP contribution in [0.25, 0.3) is 0 Å². The first-order valence-corrected chi connectivity index (χ1v) is 12.1. The van der Waals surface area contributed by atoms with E-state index in [1.165, 1.54) is 4.90 Å². The summed E-state index contributed by atoms with van der Waals surface area (Å²) in [5.74, 6) is -0.397. The smallest absolute Gasteiger partial charge is 0.415 e. The van der Waals surface area contributed by atoms with Crippen molar-refractivity contribution in [2.45, 2.75) is 77.7 Å². The molecule has 1 amide bonds. The highest BCUT2D eigenvalue weighted by molar-refractivity contribution is 6.74. The molecule has 1 unspecified atom stereocenters. The van der Waals surface area contributed by atoms with E-state index in [9.17, 15) is 14.7 Å². The van der Waals surface area contributed by atoms with Gasteiger partial charge in [-0.3, -0.25) is 4.90 Å². The highest BCUT2D eigenvalue weighted by atomic mass is 28.4. The summed E-state index contributed by atoms with van der Waals surface area (Å²) in [5.41, 5.74) is 0.589. The Morgan fingerprint density at radius 3 is 2.22 bits per heavy atom. The topological polar surface area (TPSA) is 76.1 Å². The molecule has 1 N–H and O–H groups in total. The van der Waals surface area contributed by atoms with Crippen LogP contribution in [0.5, 0.6) is 5.75 Å². The molecular weight excluding hydrogens is 362 g/mol. The molecule has 0 aliphatic carbocycles. The van der Waals surface area contributed by atoms with Gasteiger partial charge in [-0.1, -0.05) is 26.8 Å². The SMILES string of the molecule is CC(C)(C)OC(=O)N1c2cccc(O[Si](C)(C)C(C)(C)C)c2CC1C(=O)O. The Labute approximate surface area is 162 Å². The quantitative estimate of drug-likeness (QED) is 0.745. The summed E-state index contributed by atoms with van der Waals surface area (Å²) in [6.45, 7) is 16.0. The highest BCUT2D eigenvalue weighted by Crippen LogP contribution is 2.43. The number of rotatable bonds is 3. The Balaban J connectivity index is 2.46. The van der Waals surface area contributed by atoms with Crippen LogP contribution >= 0.6 is 0 Å². The fourth-order valence-corrected chi connectivity index (χ4v) is 3.74. The van der Waals surface area contributed by atoms with E-state index in [-0.39, 0.29) is 11.5 Å². The lowest BCUT2D eigenvalue weighted by Gasteiger charge is -2.37. The summed E-state index contributed by atoms with van der Waals surface area (Å²) in [4.78, 5) is 25.8. The summed E-state index contributed by atoms with van der Waals surface area (Å²) in [7, 11) is -2.11. The van der Waals surface area contributed by atoms with E-state index in [4.69, 9.17) is 9.16 Å². The van der Waals surface area contributed by atoms with Gasteiger partial charge in [-0.2, -0.15) is 0 Å². The summed E-state index contributed by atoms with van der Waals surface area (Å²) >= 11 is 0. The summed E-state index contributed by atoms with van der Waals surface area (Å²) in [6.07, 6.45) is -0.451. The molecule has 27 heavy (non-hydrogen) atoms. The zero-order valence-corrected chi connectivity index (χ0v) is 18.5. The summed E-state index contributed by atoms with van der Waals surface area (Å²) in [5, 5.41) is 9.68. The number of hydrogen-bond donors (Lipinski definition) is 1. The average Bonchev–Trinajstić information content (AvgIpc) is 2.84. The van der Waals surface area contributed by atoms with Gasteiger partial charge in [0.15, 0.2) is 0 Å². The second kappa shape index (κ2) is 6.85. The van der Waals surface area contributed by atoms with Crippen molar-refractivity contribution in [3.05, 3.63) is 23.8 Å². The molecule has 1 aromatic rings. The number of ether oxygens (including phenoxy) is 1. The van der Waals surface area contributed by atoms with Crippen LogP contribution in [0.1, 0.15) is 47.1 Å². The monoisotopic (exact) mass is 393 g/mol. The molecule has 1 aliphatic rings. The fourth-order valence-electron chi connectivity index (χ4n) is 2.70. The van der Waals surface area contributed by atoms with Crippen LogP contribution in [-0.2, 0) is 16.0 Å². The Morgan fingerprint density at radius 1 is 1.15 bits per heavy atom. The number of fused-ring (bicyclic) bond motifs is 1. The number of carbonyl (C=O) groups is 2. The number of anilines is 1. The standard InChI is InChI=1S/C20H31NO5Si/c1-19(2,3)25-18(24)21-14-10-9-11-16(13(14)12-15(21)17(22)23)26-27(7,8)20(4,5)6/h9-11,15H,12H2,1-8H3,(H,22,23). The Hall–Kier alpha value is -2.02. The van der Waals surface area contributed by atoms with Crippen molar-refractivity contribution in [1.29, 1.82) is 0 Å². The molecule has 6 nitrogen and oxygen atoms in total. The first kappa shape index (κ1) is 21.3. The minimum Gasteiger partial charge on any atom is -0.543 e. The average molecular weight is 394 g/mol. The van der Waals surface area contributed by atoms with Crippen molar-refractivity contribution in [3.8, 4) is 5.75 Å². The number of benzene rings is 1. The number of carbonyl (C=O) groups excluding carboxylic acids is 1. The number of hydrogen-bond acceptors (Lipinski definition) is 4. The molecule has 1 aromatic carbocycles. The lowest BCUT2D eigenvalue weighted by molar-refractivity contribution is -0.138. The first-order chi connectivity index (χ1) is 12.1. The van der Waals surface area contributed by atoms with Crippen molar-refractivity contribution in [3.63, 3.8) is 0 Å². The molecule has 0 saturated carbocycles. The van der Waals surface area contributed by atoms with E-state index in [1.807, 2.05) is 6.07 Å². The van der Waals surface area contributed by atoms with Gasteiger partial charge in [0, 0.05) is 12.0 Å². The van der Waals surface area contributed by atoms with Crippen molar-refractivity contribution in [2.75, 3.05) is 4.90 Å². The third kappa shape index (κ3) is 4.46. The van der Waals surface area contributed by atoms with Gasteiger partial charge < -0.3 is 14.3 Å². The molecule has 0 aromatic heterocycles. The van der Waals surface area contributed by atoms with Crippen LogP contribution < -0.4 is 9.33 Å². The van der Waals surface area contributed by atoms with Gasteiger partial charge in [-0.15, -0.1) is 0 Å². The minimum absolute atomic E-state index is 0.00534. The predicted molar refractivity (Wildman–Crippen MR) is 108 cm³/mol. The second-order valence-corrected chi connectivity index (χ2v) is 14.2. The molecular formula is C20H31NO5Si. The van der Waals surface area contributed by atoms with Gasteiger partial charge in [-0.25, -0.2) is 9.59 Å². The van der Waals surface area contributed by atoms with Gasteiger partial charge in [0.2, 0.25) is 8.32 Å². The summed E-state index contributed by atoms with van der Waals surface area (Å²) in [6, 6.07) is 4.40. The molecule has 0 radical (unpaired) electrons. The van der Waals surface area contributed by atoms with Crippen molar-refractivity contribution < 1.29 is 23.9 Å². The Kier molecular flexibility index (Phi) is 5.40. The van der Waals surface area contributed by atoms with Gasteiger partial charge in [0.1, 0.15) is 17.4 Å². The predicted octanol–water partition coefficient (Wildman–Crippen LogP) is 4.82. The Morgan fingerprint density at radius 2 is 1.74 bits per heavy atom. The highest BCUT2D eigenvalue weighted by Gasteiger charge is 2.44. The van der Waals surface area contributed by atoms with Gasteiger partial charge in [-0.05, 0) is 51.0 Å². The van der Waals surface area contributed by atoms with E-state index < -0.39 is 32.0 Å². The first-order valence-electron chi connectivity index (χ1n) is 9.20. The number of nitrogens with zero attached hydrogens (tertiary/aromatic N) is 1. The molecule has 0 bridgehead atoms. The fraction of sp³-hybridized carbons (Fsp3) is 0.600. The zero-order valence-electron chi connectivity index (χ0n) is 17.5. The third-order valence-corrected chi connectivity index (χ3v) is 9.47. The van der Waals surface area contributed by atoms with Gasteiger partial charge in [0.25, 0.3) is 0 Å². The van der Waals surface area contributed by atoms with E-state index in [0.717, 1.165) is 5.56 Å². The van der Waals surface area contributed by atoms with Crippen LogP contribution in [0.4, 0.5) is 10.5 Å². The molecule has 0 spiro atoms. The molecule has 7 heteroatoms. The van der Waals surface area contributed by atoms with E-state index in [2.05, 4.69) is 33.9 Å². The van der Waals surface area contributed by atoms with Crippen molar-refractivity contribution >= 4 is 26.1 Å². The lowest BCUT2D eigenvalue weighted by Crippen LogP contribution is -2.45. The largest absolute Gasteiger partial charge is 0.543 e. The van der Waals surface area contributed by atoms with Gasteiger partial charge >= 0.3 is 12.1 Å². The van der Waals surface area contributed by atoms with Crippen LogP contribution in [-0.4, -0.2) is 37.1 Å². The van der Waals surface area contributed by atoms with Crippen LogP contribution in [0.2, 0.25) is 18.1 Å². The van der Waals surface area contributed by atoms with E-state index in [1.54, 1.807) is 32.9 Å². The molecule has 0 saturated heterocycles. The normalized spacial score (nSPS) is 17.5. The molecule has 150 valence electrons. The van der Waals surface area contributed by atoms with Crippen LogP contribution in [0.15, 0.2) is 18.2 Å². The van der Waals surface area contributed by atoms with Crippen molar-refractivity contribution in [2.24, 2.45) is 0 Å². The maximum Gasteiger partial charge on any atom is 0.415 e. The van der Waals surface area contributed by atoms with Crippen molar-refractivity contribution in [1.82, 2.24) is 0 Å². The maximum atomic E-state index is 12.7. The molecule has 1 heterocycles. The lowest BCUT2D eigenvalue weighted by atomic mass is 10.1. The van der Waals surface area contributed by atoms with E-state index >= 15 is 0 Å². The second-order valence-electron chi connectivity index (χ2n) is 9.52. The number of carboxylic acids is 1. The van der Waals surface area contributed by atoms with E-state index in [0.29, 0.717) is 11.4 Å². The Bertz CT molecular complexity index is 746. The maximum absolute atomic E-state index is 12.7. The summed E-state index contributed by atoms with van der Waals surface area (Å²) < 4.78 is 11.9. The minimum atomic E-state index is -2.11. The zero-order chi connectivity index (χ0) is 20.8. The number of amides is 1. The molecule has 1 aliphatic heterocycles. The van der Waals surface area contributed by atoms with Gasteiger partial charge in [0.05, 0.1) is 5.69 Å². The third-order valence-electron chi connectivity index (χ3n) is 5.12. The van der Waals surface area contributed by atoms with Crippen LogP contribution in [0.3, 0.4) is 0 Å². The molecule has 0 fully saturated rings. The number of carboxylic acid groups (broad SMARTS) is 1. The van der Waals surface area contributed by atoms with Crippen LogP contribution in [0, 0.1) is 0 Å². The molecule has 2 rings (SSSR count).